The Morgan fingerprint density at radius 3 is 2.58 bits per heavy atom. The first kappa shape index (κ1) is 12.3. The Labute approximate surface area is 113 Å². The molecule has 0 saturated carbocycles. The maximum absolute atomic E-state index is 11.9. The van der Waals surface area contributed by atoms with Gasteiger partial charge in [-0.3, -0.25) is 4.90 Å². The fraction of sp³-hybridized carbons (Fsp3) is 0.500. The summed E-state index contributed by atoms with van der Waals surface area (Å²) in [6, 6.07) is 8.31. The molecule has 2 aliphatic rings. The molecular weight excluding hydrogens is 240 g/mol. The molecule has 0 spiro atoms. The zero-order valence-corrected chi connectivity index (χ0v) is 11.1. The van der Waals surface area contributed by atoms with Crippen molar-refractivity contribution >= 4 is 17.4 Å². The minimum absolute atomic E-state index is 0.0173. The molecule has 0 bridgehead atoms. The quantitative estimate of drug-likeness (QED) is 0.834. The lowest BCUT2D eigenvalue weighted by Crippen LogP contribution is -2.46. The highest BCUT2D eigenvalue weighted by atomic mass is 16.2. The summed E-state index contributed by atoms with van der Waals surface area (Å²) in [4.78, 5) is 16.1. The minimum Gasteiger partial charge on any atom is -0.369 e. The Bertz CT molecular complexity index is 457. The van der Waals surface area contributed by atoms with Crippen molar-refractivity contribution in [2.75, 3.05) is 49.1 Å². The van der Waals surface area contributed by atoms with Gasteiger partial charge in [-0.15, -0.1) is 0 Å². The fourth-order valence-corrected chi connectivity index (χ4v) is 2.66. The average molecular weight is 260 g/mol. The van der Waals surface area contributed by atoms with E-state index >= 15 is 0 Å². The summed E-state index contributed by atoms with van der Waals surface area (Å²) in [6.07, 6.45) is 1.00. The predicted octanol–water partition coefficient (Wildman–Crippen LogP) is 1.02. The molecule has 2 aliphatic heterocycles. The number of hydrogen-bond acceptors (Lipinski definition) is 3. The van der Waals surface area contributed by atoms with Crippen LogP contribution in [0.5, 0.6) is 0 Å². The maximum atomic E-state index is 11.9. The van der Waals surface area contributed by atoms with Crippen molar-refractivity contribution in [3.8, 4) is 0 Å². The van der Waals surface area contributed by atoms with Gasteiger partial charge in [0.1, 0.15) is 0 Å². The van der Waals surface area contributed by atoms with Crippen LogP contribution in [-0.2, 0) is 0 Å². The first-order valence-corrected chi connectivity index (χ1v) is 6.96. The Kier molecular flexibility index (Phi) is 3.55. The molecule has 0 radical (unpaired) electrons. The lowest BCUT2D eigenvalue weighted by molar-refractivity contribution is 0.243. The molecular formula is C14H20N4O. The zero-order valence-electron chi connectivity index (χ0n) is 11.1. The van der Waals surface area contributed by atoms with Gasteiger partial charge in [-0.05, 0) is 24.6 Å². The van der Waals surface area contributed by atoms with Crippen LogP contribution in [0, 0.1) is 0 Å². The summed E-state index contributed by atoms with van der Waals surface area (Å²) in [6.45, 7) is 5.68. The first-order chi connectivity index (χ1) is 9.34. The van der Waals surface area contributed by atoms with Gasteiger partial charge >= 0.3 is 6.03 Å². The molecule has 3 rings (SSSR count). The van der Waals surface area contributed by atoms with E-state index in [0.29, 0.717) is 0 Å². The van der Waals surface area contributed by atoms with E-state index in [1.165, 1.54) is 5.69 Å². The Morgan fingerprint density at radius 2 is 1.79 bits per heavy atom. The van der Waals surface area contributed by atoms with Gasteiger partial charge in [-0.2, -0.15) is 0 Å². The second-order valence-corrected chi connectivity index (χ2v) is 4.99. The van der Waals surface area contributed by atoms with Gasteiger partial charge in [0, 0.05) is 50.6 Å². The second kappa shape index (κ2) is 5.48. The molecule has 2 heterocycles. The van der Waals surface area contributed by atoms with Gasteiger partial charge in [0.2, 0.25) is 0 Å². The van der Waals surface area contributed by atoms with E-state index < -0.39 is 0 Å². The summed E-state index contributed by atoms with van der Waals surface area (Å²) < 4.78 is 0. The van der Waals surface area contributed by atoms with Crippen LogP contribution in [-0.4, -0.2) is 45.3 Å². The summed E-state index contributed by atoms with van der Waals surface area (Å²) >= 11 is 0. The van der Waals surface area contributed by atoms with Crippen molar-refractivity contribution in [1.82, 2.24) is 10.6 Å². The smallest absolute Gasteiger partial charge is 0.321 e. The SMILES string of the molecule is O=C1NCCCN1c1cccc(N2CCNCC2)c1. The topological polar surface area (TPSA) is 47.6 Å². The van der Waals surface area contributed by atoms with Gasteiger partial charge in [-0.25, -0.2) is 4.79 Å². The molecule has 0 aliphatic carbocycles. The van der Waals surface area contributed by atoms with E-state index in [2.05, 4.69) is 27.7 Å². The third kappa shape index (κ3) is 2.66. The highest BCUT2D eigenvalue weighted by molar-refractivity contribution is 5.93. The molecule has 1 aromatic carbocycles. The van der Waals surface area contributed by atoms with Crippen molar-refractivity contribution < 1.29 is 4.79 Å². The number of nitrogens with zero attached hydrogens (tertiary/aromatic N) is 2. The van der Waals surface area contributed by atoms with E-state index in [1.54, 1.807) is 0 Å². The van der Waals surface area contributed by atoms with E-state index in [9.17, 15) is 4.79 Å². The number of carbonyl (C=O) groups is 1. The highest BCUT2D eigenvalue weighted by Gasteiger charge is 2.20. The Hall–Kier alpha value is -1.75. The summed E-state index contributed by atoms with van der Waals surface area (Å²) in [7, 11) is 0. The monoisotopic (exact) mass is 260 g/mol. The van der Waals surface area contributed by atoms with Crippen LogP contribution < -0.4 is 20.4 Å². The van der Waals surface area contributed by atoms with Gasteiger partial charge in [-0.1, -0.05) is 6.07 Å². The number of anilines is 2. The predicted molar refractivity (Wildman–Crippen MR) is 76.9 cm³/mol. The minimum atomic E-state index is 0.0173. The molecule has 2 amide bonds. The van der Waals surface area contributed by atoms with Crippen LogP contribution in [0.1, 0.15) is 6.42 Å². The van der Waals surface area contributed by atoms with Gasteiger partial charge in [0.15, 0.2) is 0 Å². The third-order valence-electron chi connectivity index (χ3n) is 3.70. The lowest BCUT2D eigenvalue weighted by Gasteiger charge is -2.32. The number of carbonyl (C=O) groups excluding carboxylic acids is 1. The van der Waals surface area contributed by atoms with Crippen LogP contribution >= 0.6 is 0 Å². The Morgan fingerprint density at radius 1 is 1.00 bits per heavy atom. The molecule has 0 unspecified atom stereocenters. The number of rotatable bonds is 2. The van der Waals surface area contributed by atoms with Crippen LogP contribution in [0.4, 0.5) is 16.2 Å². The van der Waals surface area contributed by atoms with Crippen molar-refractivity contribution in [2.45, 2.75) is 6.42 Å². The van der Waals surface area contributed by atoms with E-state index in [4.69, 9.17) is 0 Å². The normalized spacial score (nSPS) is 20.3. The Balaban J connectivity index is 1.80. The standard InChI is InChI=1S/C14H20N4O/c19-14-16-5-2-8-18(14)13-4-1-3-12(11-13)17-9-6-15-7-10-17/h1,3-4,11,15H,2,5-10H2,(H,16,19). The molecule has 102 valence electrons. The maximum Gasteiger partial charge on any atom is 0.321 e. The summed E-state index contributed by atoms with van der Waals surface area (Å²) in [5.74, 6) is 0. The molecule has 5 nitrogen and oxygen atoms in total. The van der Waals surface area contributed by atoms with Crippen LogP contribution in [0.2, 0.25) is 0 Å². The fourth-order valence-electron chi connectivity index (χ4n) is 2.66. The summed E-state index contributed by atoms with van der Waals surface area (Å²) in [5.41, 5.74) is 2.20. The van der Waals surface area contributed by atoms with E-state index in [1.807, 2.05) is 17.0 Å². The van der Waals surface area contributed by atoms with Crippen molar-refractivity contribution in [1.29, 1.82) is 0 Å². The number of piperazine rings is 1. The van der Waals surface area contributed by atoms with Gasteiger partial charge < -0.3 is 15.5 Å². The summed E-state index contributed by atoms with van der Waals surface area (Å²) in [5, 5.41) is 6.25. The molecule has 1 aromatic rings. The molecule has 5 heteroatoms. The van der Waals surface area contributed by atoms with Crippen LogP contribution in [0.15, 0.2) is 24.3 Å². The molecule has 0 atom stereocenters. The van der Waals surface area contributed by atoms with Gasteiger partial charge in [0.25, 0.3) is 0 Å². The van der Waals surface area contributed by atoms with Crippen molar-refractivity contribution in [3.63, 3.8) is 0 Å². The largest absolute Gasteiger partial charge is 0.369 e. The molecule has 2 saturated heterocycles. The molecule has 19 heavy (non-hydrogen) atoms. The molecule has 2 N–H and O–H groups in total. The van der Waals surface area contributed by atoms with Crippen LogP contribution in [0.25, 0.3) is 0 Å². The number of urea groups is 1. The lowest BCUT2D eigenvalue weighted by atomic mass is 10.2. The van der Waals surface area contributed by atoms with E-state index in [0.717, 1.165) is 51.4 Å². The number of hydrogen-bond donors (Lipinski definition) is 2. The number of amides is 2. The zero-order chi connectivity index (χ0) is 13.1. The van der Waals surface area contributed by atoms with Gasteiger partial charge in [0.05, 0.1) is 0 Å². The average Bonchev–Trinajstić information content (AvgIpc) is 2.49. The van der Waals surface area contributed by atoms with Crippen LogP contribution in [0.3, 0.4) is 0 Å². The molecule has 2 fully saturated rings. The van der Waals surface area contributed by atoms with E-state index in [-0.39, 0.29) is 6.03 Å². The highest BCUT2D eigenvalue weighted by Crippen LogP contribution is 2.24. The number of nitrogens with one attached hydrogen (secondary N) is 2. The second-order valence-electron chi connectivity index (χ2n) is 4.99. The van der Waals surface area contributed by atoms with Crippen molar-refractivity contribution in [3.05, 3.63) is 24.3 Å². The third-order valence-corrected chi connectivity index (χ3v) is 3.70. The first-order valence-electron chi connectivity index (χ1n) is 6.96. The molecule has 0 aromatic heterocycles. The van der Waals surface area contributed by atoms with Crippen molar-refractivity contribution in [2.24, 2.45) is 0 Å². The number of benzene rings is 1.